The molecule has 1 saturated carbocycles. The molecule has 1 N–H and O–H groups in total. The summed E-state index contributed by atoms with van der Waals surface area (Å²) in [7, 11) is 0. The number of nitrogens with zero attached hydrogens (tertiary/aromatic N) is 3. The number of anilines is 2. The van der Waals surface area contributed by atoms with Gasteiger partial charge in [0.1, 0.15) is 5.82 Å². The highest BCUT2D eigenvalue weighted by molar-refractivity contribution is 5.51. The fraction of sp³-hybridized carbons (Fsp3) is 0.733. The van der Waals surface area contributed by atoms with Crippen LogP contribution in [-0.4, -0.2) is 29.1 Å². The number of hydrogen-bond donors (Lipinski definition) is 1. The van der Waals surface area contributed by atoms with Crippen molar-refractivity contribution in [3.05, 3.63) is 11.8 Å². The fourth-order valence-electron chi connectivity index (χ4n) is 3.64. The van der Waals surface area contributed by atoms with Crippen molar-refractivity contribution in [2.45, 2.75) is 52.0 Å². The third-order valence-electron chi connectivity index (χ3n) is 4.56. The van der Waals surface area contributed by atoms with E-state index in [9.17, 15) is 0 Å². The molecular formula is C15H24N4. The number of nitrogens with one attached hydrogen (secondary N) is 1. The second-order valence-electron chi connectivity index (χ2n) is 5.82. The van der Waals surface area contributed by atoms with E-state index in [0.29, 0.717) is 0 Å². The van der Waals surface area contributed by atoms with Gasteiger partial charge in [-0.3, -0.25) is 0 Å². The first-order chi connectivity index (χ1) is 9.29. The monoisotopic (exact) mass is 260 g/mol. The summed E-state index contributed by atoms with van der Waals surface area (Å²) in [6.45, 7) is 6.24. The lowest BCUT2D eigenvalue weighted by Gasteiger charge is -2.33. The van der Waals surface area contributed by atoms with Crippen LogP contribution in [0.4, 0.5) is 11.8 Å². The molecule has 1 aromatic heterocycles. The SMILES string of the molecule is CCNc1ncc(C)c(N2CCC3CCCCC32)n1. The average molecular weight is 260 g/mol. The molecule has 104 valence electrons. The van der Waals surface area contributed by atoms with Gasteiger partial charge in [0.15, 0.2) is 0 Å². The lowest BCUT2D eigenvalue weighted by molar-refractivity contribution is 0.341. The Balaban J connectivity index is 1.86. The second-order valence-corrected chi connectivity index (χ2v) is 5.82. The molecular weight excluding hydrogens is 236 g/mol. The highest BCUT2D eigenvalue weighted by atomic mass is 15.3. The van der Waals surface area contributed by atoms with Crippen molar-refractivity contribution in [3.63, 3.8) is 0 Å². The third kappa shape index (κ3) is 2.40. The largest absolute Gasteiger partial charge is 0.354 e. The van der Waals surface area contributed by atoms with Crippen LogP contribution in [0.15, 0.2) is 6.20 Å². The average Bonchev–Trinajstić information content (AvgIpc) is 2.85. The van der Waals surface area contributed by atoms with Gasteiger partial charge in [0.25, 0.3) is 0 Å². The van der Waals surface area contributed by atoms with Crippen molar-refractivity contribution in [1.29, 1.82) is 0 Å². The van der Waals surface area contributed by atoms with Crippen LogP contribution < -0.4 is 10.2 Å². The van der Waals surface area contributed by atoms with Crippen LogP contribution in [0, 0.1) is 12.8 Å². The van der Waals surface area contributed by atoms with Crippen molar-refractivity contribution in [2.24, 2.45) is 5.92 Å². The van der Waals surface area contributed by atoms with E-state index >= 15 is 0 Å². The van der Waals surface area contributed by atoms with Crippen LogP contribution >= 0.6 is 0 Å². The maximum absolute atomic E-state index is 4.74. The molecule has 1 aliphatic heterocycles. The minimum absolute atomic E-state index is 0.719. The minimum Gasteiger partial charge on any atom is -0.354 e. The third-order valence-corrected chi connectivity index (χ3v) is 4.56. The Hall–Kier alpha value is -1.32. The molecule has 3 rings (SSSR count). The first-order valence-corrected chi connectivity index (χ1v) is 7.63. The Morgan fingerprint density at radius 2 is 2.16 bits per heavy atom. The van der Waals surface area contributed by atoms with E-state index < -0.39 is 0 Å². The van der Waals surface area contributed by atoms with E-state index in [1.807, 2.05) is 6.20 Å². The first kappa shape index (κ1) is 12.7. The second kappa shape index (κ2) is 5.35. The Morgan fingerprint density at radius 1 is 1.32 bits per heavy atom. The van der Waals surface area contributed by atoms with E-state index in [-0.39, 0.29) is 0 Å². The van der Waals surface area contributed by atoms with Crippen molar-refractivity contribution >= 4 is 11.8 Å². The standard InChI is InChI=1S/C15H24N4/c1-3-16-15-17-10-11(2)14(18-15)19-9-8-12-6-4-5-7-13(12)19/h10,12-13H,3-9H2,1-2H3,(H,16,17,18). The van der Waals surface area contributed by atoms with Crippen LogP contribution in [0.1, 0.15) is 44.6 Å². The zero-order chi connectivity index (χ0) is 13.2. The summed E-state index contributed by atoms with van der Waals surface area (Å²) in [4.78, 5) is 11.6. The van der Waals surface area contributed by atoms with Gasteiger partial charge in [0.2, 0.25) is 5.95 Å². The van der Waals surface area contributed by atoms with Gasteiger partial charge in [0.05, 0.1) is 0 Å². The molecule has 0 radical (unpaired) electrons. The molecule has 2 atom stereocenters. The van der Waals surface area contributed by atoms with Crippen molar-refractivity contribution in [2.75, 3.05) is 23.3 Å². The normalized spacial score (nSPS) is 26.3. The molecule has 0 spiro atoms. The lowest BCUT2D eigenvalue weighted by Crippen LogP contribution is -2.35. The van der Waals surface area contributed by atoms with Gasteiger partial charge >= 0.3 is 0 Å². The van der Waals surface area contributed by atoms with Crippen LogP contribution in [0.5, 0.6) is 0 Å². The molecule has 19 heavy (non-hydrogen) atoms. The molecule has 2 heterocycles. The summed E-state index contributed by atoms with van der Waals surface area (Å²) in [6.07, 6.45) is 8.83. The molecule has 4 nitrogen and oxygen atoms in total. The number of hydrogen-bond acceptors (Lipinski definition) is 4. The van der Waals surface area contributed by atoms with E-state index in [0.717, 1.165) is 30.3 Å². The highest BCUT2D eigenvalue weighted by Crippen LogP contribution is 2.39. The van der Waals surface area contributed by atoms with Crippen molar-refractivity contribution in [1.82, 2.24) is 9.97 Å². The Bertz CT molecular complexity index is 446. The lowest BCUT2D eigenvalue weighted by atomic mass is 9.85. The summed E-state index contributed by atoms with van der Waals surface area (Å²) >= 11 is 0. The number of aromatic nitrogens is 2. The summed E-state index contributed by atoms with van der Waals surface area (Å²) < 4.78 is 0. The summed E-state index contributed by atoms with van der Waals surface area (Å²) in [5, 5.41) is 3.22. The zero-order valence-corrected chi connectivity index (χ0v) is 12.0. The summed E-state index contributed by atoms with van der Waals surface area (Å²) in [5.74, 6) is 2.81. The van der Waals surface area contributed by atoms with Gasteiger partial charge in [-0.15, -0.1) is 0 Å². The molecule has 0 bridgehead atoms. The van der Waals surface area contributed by atoms with Crippen LogP contribution in [0.3, 0.4) is 0 Å². The molecule has 2 unspecified atom stereocenters. The molecule has 0 aromatic carbocycles. The smallest absolute Gasteiger partial charge is 0.224 e. The van der Waals surface area contributed by atoms with Gasteiger partial charge < -0.3 is 10.2 Å². The van der Waals surface area contributed by atoms with Crippen molar-refractivity contribution in [3.8, 4) is 0 Å². The molecule has 1 saturated heterocycles. The summed E-state index contributed by atoms with van der Waals surface area (Å²) in [5.41, 5.74) is 1.20. The Morgan fingerprint density at radius 3 is 3.00 bits per heavy atom. The predicted molar refractivity (Wildman–Crippen MR) is 78.6 cm³/mol. The van der Waals surface area contributed by atoms with Gasteiger partial charge in [-0.2, -0.15) is 4.98 Å². The molecule has 1 aliphatic carbocycles. The van der Waals surface area contributed by atoms with E-state index in [1.165, 1.54) is 44.2 Å². The van der Waals surface area contributed by atoms with Crippen molar-refractivity contribution < 1.29 is 0 Å². The first-order valence-electron chi connectivity index (χ1n) is 7.63. The molecule has 1 aromatic rings. The van der Waals surface area contributed by atoms with Gasteiger partial charge in [-0.1, -0.05) is 12.8 Å². The molecule has 2 aliphatic rings. The molecule has 2 fully saturated rings. The van der Waals surface area contributed by atoms with Gasteiger partial charge in [-0.25, -0.2) is 4.98 Å². The topological polar surface area (TPSA) is 41.1 Å². The zero-order valence-electron chi connectivity index (χ0n) is 12.0. The molecule has 0 amide bonds. The maximum atomic E-state index is 4.74. The predicted octanol–water partition coefficient (Wildman–Crippen LogP) is 2.99. The number of aryl methyl sites for hydroxylation is 1. The molecule has 4 heteroatoms. The minimum atomic E-state index is 0.719. The number of fused-ring (bicyclic) bond motifs is 1. The van der Waals surface area contributed by atoms with Gasteiger partial charge in [0, 0.05) is 30.9 Å². The van der Waals surface area contributed by atoms with Gasteiger partial charge in [-0.05, 0) is 39.0 Å². The quantitative estimate of drug-likeness (QED) is 0.907. The van der Waals surface area contributed by atoms with Crippen LogP contribution in [0.25, 0.3) is 0 Å². The van der Waals surface area contributed by atoms with E-state index in [1.54, 1.807) is 0 Å². The van der Waals surface area contributed by atoms with E-state index in [4.69, 9.17) is 4.98 Å². The Labute approximate surface area is 115 Å². The maximum Gasteiger partial charge on any atom is 0.224 e. The number of rotatable bonds is 3. The fourth-order valence-corrected chi connectivity index (χ4v) is 3.64. The van der Waals surface area contributed by atoms with Crippen LogP contribution in [0.2, 0.25) is 0 Å². The van der Waals surface area contributed by atoms with E-state index in [2.05, 4.69) is 29.0 Å². The highest BCUT2D eigenvalue weighted by Gasteiger charge is 2.36. The Kier molecular flexibility index (Phi) is 3.58. The summed E-state index contributed by atoms with van der Waals surface area (Å²) in [6, 6.07) is 0.719. The van der Waals surface area contributed by atoms with Crippen LogP contribution in [-0.2, 0) is 0 Å².